The number of hydrogen-bond acceptors (Lipinski definition) is 4. The lowest BCUT2D eigenvalue weighted by Gasteiger charge is -2.35. The number of rotatable bonds is 4. The van der Waals surface area contributed by atoms with Crippen molar-refractivity contribution < 1.29 is 4.79 Å². The largest absolute Gasteiger partial charge is 0.339 e. The number of carbonyl (C=O) groups is 1. The van der Waals surface area contributed by atoms with Gasteiger partial charge in [-0.2, -0.15) is 0 Å². The normalized spacial score (nSPS) is 23.6. The molecule has 1 aliphatic rings. The zero-order valence-electron chi connectivity index (χ0n) is 11.3. The average Bonchev–Trinajstić information content (AvgIpc) is 2.98. The third-order valence-electron chi connectivity index (χ3n) is 3.95. The van der Waals surface area contributed by atoms with Crippen molar-refractivity contribution in [3.63, 3.8) is 0 Å². The molecule has 1 aliphatic heterocycles. The molecule has 1 aromatic rings. The van der Waals surface area contributed by atoms with Crippen LogP contribution in [0.5, 0.6) is 0 Å². The summed E-state index contributed by atoms with van der Waals surface area (Å²) in [6.07, 6.45) is 0.935. The van der Waals surface area contributed by atoms with Crippen molar-refractivity contribution in [1.29, 1.82) is 0 Å². The Hall–Kier alpha value is -0.940. The summed E-state index contributed by atoms with van der Waals surface area (Å²) < 4.78 is 0. The van der Waals surface area contributed by atoms with Gasteiger partial charge in [0.15, 0.2) is 0 Å². The van der Waals surface area contributed by atoms with E-state index in [0.717, 1.165) is 25.2 Å². The minimum atomic E-state index is -0.231. The number of nitrogens with one attached hydrogen (secondary N) is 1. The van der Waals surface area contributed by atoms with E-state index in [4.69, 9.17) is 0 Å². The fourth-order valence-corrected chi connectivity index (χ4v) is 3.19. The van der Waals surface area contributed by atoms with Gasteiger partial charge in [-0.3, -0.25) is 4.79 Å². The summed E-state index contributed by atoms with van der Waals surface area (Å²) in [6.45, 7) is 6.62. The molecule has 18 heavy (non-hydrogen) atoms. The third-order valence-corrected chi connectivity index (χ3v) is 4.58. The van der Waals surface area contributed by atoms with Crippen LogP contribution < -0.4 is 5.32 Å². The van der Waals surface area contributed by atoms with Gasteiger partial charge in [-0.15, -0.1) is 11.3 Å². The van der Waals surface area contributed by atoms with Crippen LogP contribution in [0.15, 0.2) is 10.9 Å². The average molecular weight is 267 g/mol. The van der Waals surface area contributed by atoms with E-state index in [9.17, 15) is 4.79 Å². The lowest BCUT2D eigenvalue weighted by atomic mass is 9.75. The second-order valence-corrected chi connectivity index (χ2v) is 6.10. The molecule has 1 N–H and O–H groups in total. The number of amides is 1. The maximum atomic E-state index is 12.7. The highest BCUT2D eigenvalue weighted by Crippen LogP contribution is 2.36. The van der Waals surface area contributed by atoms with Crippen molar-refractivity contribution in [2.75, 3.05) is 20.1 Å². The summed E-state index contributed by atoms with van der Waals surface area (Å²) in [5, 5.41) is 5.33. The van der Waals surface area contributed by atoms with E-state index in [1.54, 1.807) is 11.3 Å². The summed E-state index contributed by atoms with van der Waals surface area (Å²) >= 11 is 1.57. The highest BCUT2D eigenvalue weighted by Gasteiger charge is 2.45. The molecule has 2 rings (SSSR count). The van der Waals surface area contributed by atoms with E-state index in [2.05, 4.69) is 24.1 Å². The first-order valence-electron chi connectivity index (χ1n) is 6.39. The quantitative estimate of drug-likeness (QED) is 0.904. The Morgan fingerprint density at radius 2 is 2.44 bits per heavy atom. The third kappa shape index (κ3) is 2.42. The predicted octanol–water partition coefficient (Wildman–Crippen LogP) is 1.74. The number of thiazole rings is 1. The van der Waals surface area contributed by atoms with Crippen LogP contribution in [0, 0.1) is 11.3 Å². The number of aromatic nitrogens is 1. The van der Waals surface area contributed by atoms with Crippen molar-refractivity contribution in [3.05, 3.63) is 16.6 Å². The highest BCUT2D eigenvalue weighted by atomic mass is 32.1. The van der Waals surface area contributed by atoms with Gasteiger partial charge in [0.25, 0.3) is 0 Å². The van der Waals surface area contributed by atoms with Gasteiger partial charge in [0.2, 0.25) is 5.91 Å². The molecular weight excluding hydrogens is 246 g/mol. The molecule has 2 heterocycles. The van der Waals surface area contributed by atoms with E-state index < -0.39 is 0 Å². The molecule has 1 unspecified atom stereocenters. The van der Waals surface area contributed by atoms with Gasteiger partial charge in [0.05, 0.1) is 23.2 Å². The van der Waals surface area contributed by atoms with E-state index in [1.807, 2.05) is 22.8 Å². The summed E-state index contributed by atoms with van der Waals surface area (Å²) in [5.74, 6) is 0.605. The molecule has 1 fully saturated rings. The Kier molecular flexibility index (Phi) is 4.02. The highest BCUT2D eigenvalue weighted by molar-refractivity contribution is 7.07. The number of hydrogen-bond donors (Lipinski definition) is 1. The summed E-state index contributed by atoms with van der Waals surface area (Å²) in [4.78, 5) is 18.8. The summed E-state index contributed by atoms with van der Waals surface area (Å²) in [7, 11) is 1.88. The zero-order valence-corrected chi connectivity index (χ0v) is 12.1. The monoisotopic (exact) mass is 267 g/mol. The molecule has 1 amide bonds. The fourth-order valence-electron chi connectivity index (χ4n) is 2.64. The van der Waals surface area contributed by atoms with Crippen molar-refractivity contribution in [2.24, 2.45) is 11.3 Å². The molecule has 5 heteroatoms. The molecule has 1 aromatic heterocycles. The molecule has 100 valence electrons. The van der Waals surface area contributed by atoms with Gasteiger partial charge < -0.3 is 10.2 Å². The first-order chi connectivity index (χ1) is 8.56. The fraction of sp³-hybridized carbons (Fsp3) is 0.692. The number of nitrogens with zero attached hydrogens (tertiary/aromatic N) is 2. The molecule has 1 saturated heterocycles. The summed E-state index contributed by atoms with van der Waals surface area (Å²) in [5.41, 5.74) is 2.55. The van der Waals surface area contributed by atoms with Crippen molar-refractivity contribution in [3.8, 4) is 0 Å². The van der Waals surface area contributed by atoms with Gasteiger partial charge in [-0.1, -0.05) is 13.8 Å². The van der Waals surface area contributed by atoms with Crippen LogP contribution in [0.3, 0.4) is 0 Å². The molecule has 4 nitrogen and oxygen atoms in total. The van der Waals surface area contributed by atoms with Crippen LogP contribution in [0.1, 0.15) is 26.0 Å². The standard InChI is InChI=1S/C13H21N3OS/c1-10(2)13(4-5-14-8-13)12(17)16(3)6-11-7-18-9-15-11/h7,9-10,14H,4-6,8H2,1-3H3. The van der Waals surface area contributed by atoms with Crippen LogP contribution in [-0.4, -0.2) is 35.9 Å². The van der Waals surface area contributed by atoms with Crippen LogP contribution >= 0.6 is 11.3 Å². The molecular formula is C13H21N3OS. The predicted molar refractivity (Wildman–Crippen MR) is 73.3 cm³/mol. The maximum Gasteiger partial charge on any atom is 0.230 e. The topological polar surface area (TPSA) is 45.2 Å². The SMILES string of the molecule is CC(C)C1(C(=O)N(C)Cc2cscn2)CCNC1. The van der Waals surface area contributed by atoms with E-state index in [1.165, 1.54) is 0 Å². The van der Waals surface area contributed by atoms with E-state index >= 15 is 0 Å². The van der Waals surface area contributed by atoms with Gasteiger partial charge in [0.1, 0.15) is 0 Å². The van der Waals surface area contributed by atoms with Gasteiger partial charge in [-0.05, 0) is 18.9 Å². The van der Waals surface area contributed by atoms with Crippen molar-refractivity contribution >= 4 is 17.2 Å². The lowest BCUT2D eigenvalue weighted by Crippen LogP contribution is -2.46. The second-order valence-electron chi connectivity index (χ2n) is 5.38. The molecule has 0 spiro atoms. The van der Waals surface area contributed by atoms with Crippen LogP contribution in [0.2, 0.25) is 0 Å². The van der Waals surface area contributed by atoms with E-state index in [0.29, 0.717) is 12.5 Å². The smallest absolute Gasteiger partial charge is 0.230 e. The Morgan fingerprint density at radius 1 is 1.67 bits per heavy atom. The minimum absolute atomic E-state index is 0.231. The maximum absolute atomic E-state index is 12.7. The Morgan fingerprint density at radius 3 is 2.94 bits per heavy atom. The zero-order chi connectivity index (χ0) is 13.2. The first-order valence-corrected chi connectivity index (χ1v) is 7.34. The van der Waals surface area contributed by atoms with Crippen molar-refractivity contribution in [1.82, 2.24) is 15.2 Å². The summed E-state index contributed by atoms with van der Waals surface area (Å²) in [6, 6.07) is 0. The van der Waals surface area contributed by atoms with Gasteiger partial charge >= 0.3 is 0 Å². The molecule has 0 radical (unpaired) electrons. The Labute approximate surface area is 112 Å². The molecule has 0 saturated carbocycles. The second kappa shape index (κ2) is 5.36. The Bertz CT molecular complexity index is 396. The van der Waals surface area contributed by atoms with Crippen LogP contribution in [-0.2, 0) is 11.3 Å². The Balaban J connectivity index is 2.09. The van der Waals surface area contributed by atoms with Crippen LogP contribution in [0.25, 0.3) is 0 Å². The van der Waals surface area contributed by atoms with Crippen molar-refractivity contribution in [2.45, 2.75) is 26.8 Å². The van der Waals surface area contributed by atoms with Gasteiger partial charge in [-0.25, -0.2) is 4.98 Å². The number of carbonyl (C=O) groups excluding carboxylic acids is 1. The van der Waals surface area contributed by atoms with E-state index in [-0.39, 0.29) is 11.3 Å². The van der Waals surface area contributed by atoms with Gasteiger partial charge in [0, 0.05) is 19.0 Å². The van der Waals surface area contributed by atoms with Crippen LogP contribution in [0.4, 0.5) is 0 Å². The first kappa shape index (κ1) is 13.5. The molecule has 1 atom stereocenters. The molecule has 0 bridgehead atoms. The molecule has 0 aromatic carbocycles. The molecule has 0 aliphatic carbocycles. The minimum Gasteiger partial charge on any atom is -0.339 e. The lowest BCUT2D eigenvalue weighted by molar-refractivity contribution is -0.143.